The van der Waals surface area contributed by atoms with E-state index < -0.39 is 11.5 Å². The van der Waals surface area contributed by atoms with Gasteiger partial charge in [-0.05, 0) is 77.6 Å². The molecule has 3 fully saturated rings. The lowest BCUT2D eigenvalue weighted by Crippen LogP contribution is -2.48. The van der Waals surface area contributed by atoms with Gasteiger partial charge in [0.1, 0.15) is 16.0 Å². The Bertz CT molecular complexity index is 1820. The van der Waals surface area contributed by atoms with E-state index in [2.05, 4.69) is 27.1 Å². The van der Waals surface area contributed by atoms with E-state index in [1.165, 1.54) is 17.8 Å². The van der Waals surface area contributed by atoms with Gasteiger partial charge in [-0.3, -0.25) is 14.0 Å². The fraction of sp³-hybridized carbons (Fsp3) is 0.531. The Hall–Kier alpha value is -3.77. The Labute approximate surface area is 259 Å². The summed E-state index contributed by atoms with van der Waals surface area (Å²) in [5, 5.41) is 3.43. The number of likely N-dealkylation sites (tertiary alicyclic amines) is 2. The Morgan fingerprint density at radius 2 is 1.77 bits per heavy atom. The second-order valence-electron chi connectivity index (χ2n) is 13.5. The number of aromatic nitrogens is 3. The van der Waals surface area contributed by atoms with E-state index in [1.807, 2.05) is 49.4 Å². The number of hydrogen-bond donors (Lipinski definition) is 1. The summed E-state index contributed by atoms with van der Waals surface area (Å²) in [6.07, 6.45) is 3.58. The number of thiazole rings is 1. The Balaban J connectivity index is 1.21. The molecule has 2 amide bonds. The first-order valence-corrected chi connectivity index (χ1v) is 16.3. The van der Waals surface area contributed by atoms with Crippen LogP contribution in [0.1, 0.15) is 50.4 Å². The second kappa shape index (κ2) is 11.0. The van der Waals surface area contributed by atoms with E-state index in [0.717, 1.165) is 36.4 Å². The van der Waals surface area contributed by atoms with Crippen LogP contribution in [0.2, 0.25) is 0 Å². The summed E-state index contributed by atoms with van der Waals surface area (Å²) in [5.41, 5.74) is 0.614. The molecule has 0 saturated carbocycles. The zero-order valence-electron chi connectivity index (χ0n) is 25.7. The van der Waals surface area contributed by atoms with Gasteiger partial charge in [0.05, 0.1) is 15.6 Å². The van der Waals surface area contributed by atoms with Crippen LogP contribution < -0.4 is 15.6 Å². The van der Waals surface area contributed by atoms with Gasteiger partial charge in [-0.1, -0.05) is 12.1 Å². The number of pyridine rings is 1. The molecule has 3 aliphatic rings. The molecule has 7 rings (SSSR count). The first-order valence-electron chi connectivity index (χ1n) is 15.5. The number of nitrogens with zero attached hydrogens (tertiary/aromatic N) is 6. The molecule has 3 aliphatic heterocycles. The lowest BCUT2D eigenvalue weighted by Gasteiger charge is -2.33. The van der Waals surface area contributed by atoms with Gasteiger partial charge in [0.2, 0.25) is 11.4 Å². The number of piperidine rings is 2. The van der Waals surface area contributed by atoms with Gasteiger partial charge in [-0.2, -0.15) is 4.98 Å². The highest BCUT2D eigenvalue weighted by atomic mass is 32.1. The standard InChI is InChI=1S/C32H39N7O4S/c1-32(2,3)43-31(42)37-13-10-21(11-14-37)34-28(41)25-26(40)22-15-33-30(38-17-19-9-12-36(4)16-20(19)18-38)35-27(22)39-23-7-5-6-8-24(23)44-29(25)39/h5-8,15,19-21H,9-14,16-18H2,1-4H3,(H,34,41). The molecule has 4 aromatic rings. The summed E-state index contributed by atoms with van der Waals surface area (Å²) < 4.78 is 8.43. The number of nitrogens with one attached hydrogen (secondary N) is 1. The summed E-state index contributed by atoms with van der Waals surface area (Å²) >= 11 is 1.42. The number of benzene rings is 1. The molecule has 3 saturated heterocycles. The molecule has 2 atom stereocenters. The summed E-state index contributed by atoms with van der Waals surface area (Å²) in [5.74, 6) is 1.43. The van der Waals surface area contributed by atoms with Gasteiger partial charge >= 0.3 is 6.09 Å². The van der Waals surface area contributed by atoms with Crippen molar-refractivity contribution in [1.29, 1.82) is 0 Å². The van der Waals surface area contributed by atoms with Crippen LogP contribution in [0.5, 0.6) is 0 Å². The Morgan fingerprint density at radius 3 is 2.55 bits per heavy atom. The minimum Gasteiger partial charge on any atom is -0.444 e. The molecule has 0 aliphatic carbocycles. The predicted octanol–water partition coefficient (Wildman–Crippen LogP) is 3.97. The molecule has 1 N–H and O–H groups in total. The highest BCUT2D eigenvalue weighted by molar-refractivity contribution is 7.24. The number of carbonyl (C=O) groups is 2. The van der Waals surface area contributed by atoms with Crippen LogP contribution in [0.15, 0.2) is 35.3 Å². The molecule has 11 nitrogen and oxygen atoms in total. The van der Waals surface area contributed by atoms with Crippen molar-refractivity contribution in [3.05, 3.63) is 46.2 Å². The maximum Gasteiger partial charge on any atom is 0.410 e. The van der Waals surface area contributed by atoms with Gasteiger partial charge < -0.3 is 24.8 Å². The van der Waals surface area contributed by atoms with Crippen molar-refractivity contribution in [2.45, 2.75) is 51.7 Å². The SMILES string of the molecule is CN1CCC2CN(c3ncc4c(=O)c(C(=O)NC5CCN(C(=O)OC(C)(C)C)CC5)c5sc6ccccc6n5c4n3)CC2C1. The molecule has 12 heteroatoms. The van der Waals surface area contributed by atoms with E-state index in [9.17, 15) is 14.4 Å². The van der Waals surface area contributed by atoms with E-state index in [-0.39, 0.29) is 23.1 Å². The molecule has 44 heavy (non-hydrogen) atoms. The maximum absolute atomic E-state index is 14.0. The molecule has 0 spiro atoms. The highest BCUT2D eigenvalue weighted by Crippen LogP contribution is 2.34. The van der Waals surface area contributed by atoms with Gasteiger partial charge in [0.25, 0.3) is 5.91 Å². The third-order valence-electron chi connectivity index (χ3n) is 9.17. The van der Waals surface area contributed by atoms with Crippen LogP contribution in [-0.4, -0.2) is 94.1 Å². The van der Waals surface area contributed by atoms with Crippen molar-refractivity contribution < 1.29 is 14.3 Å². The third kappa shape index (κ3) is 5.27. The first-order chi connectivity index (χ1) is 21.1. The zero-order valence-corrected chi connectivity index (χ0v) is 26.5. The molecule has 0 radical (unpaired) electrons. The van der Waals surface area contributed by atoms with Crippen molar-refractivity contribution in [1.82, 2.24) is 29.5 Å². The highest BCUT2D eigenvalue weighted by Gasteiger charge is 2.37. The average molecular weight is 618 g/mol. The number of amides is 2. The van der Waals surface area contributed by atoms with Crippen LogP contribution >= 0.6 is 11.3 Å². The first kappa shape index (κ1) is 29.0. The van der Waals surface area contributed by atoms with Gasteiger partial charge in [0.15, 0.2) is 5.65 Å². The largest absolute Gasteiger partial charge is 0.444 e. The number of carbonyl (C=O) groups excluding carboxylic acids is 2. The Morgan fingerprint density at radius 1 is 1.02 bits per heavy atom. The quantitative estimate of drug-likeness (QED) is 0.368. The van der Waals surface area contributed by atoms with Crippen LogP contribution in [0.3, 0.4) is 0 Å². The fourth-order valence-corrected chi connectivity index (χ4v) is 8.13. The number of para-hydroxylation sites is 1. The third-order valence-corrected chi connectivity index (χ3v) is 10.3. The second-order valence-corrected chi connectivity index (χ2v) is 14.5. The van der Waals surface area contributed by atoms with E-state index in [1.54, 1.807) is 11.1 Å². The maximum atomic E-state index is 14.0. The van der Waals surface area contributed by atoms with Gasteiger partial charge in [0, 0.05) is 45.0 Å². The fourth-order valence-electron chi connectivity index (χ4n) is 6.94. The summed E-state index contributed by atoms with van der Waals surface area (Å²) in [6.45, 7) is 10.5. The topological polar surface area (TPSA) is 112 Å². The molecule has 6 heterocycles. The monoisotopic (exact) mass is 617 g/mol. The normalized spacial score (nSPS) is 21.7. The van der Waals surface area contributed by atoms with Crippen molar-refractivity contribution >= 4 is 55.4 Å². The summed E-state index contributed by atoms with van der Waals surface area (Å²) in [7, 11) is 2.18. The lowest BCUT2D eigenvalue weighted by molar-refractivity contribution is 0.0199. The molecule has 0 bridgehead atoms. The minimum absolute atomic E-state index is 0.111. The summed E-state index contributed by atoms with van der Waals surface area (Å²) in [6, 6.07) is 7.75. The Kier molecular flexibility index (Phi) is 7.24. The van der Waals surface area contributed by atoms with Gasteiger partial charge in [-0.25, -0.2) is 9.78 Å². The van der Waals surface area contributed by atoms with E-state index in [0.29, 0.717) is 59.6 Å². The number of rotatable bonds is 3. The number of ether oxygens (including phenoxy) is 1. The smallest absolute Gasteiger partial charge is 0.410 e. The van der Waals surface area contributed by atoms with Crippen molar-refractivity contribution in [3.63, 3.8) is 0 Å². The molecule has 2 unspecified atom stereocenters. The number of fused-ring (bicyclic) bond motifs is 6. The molecular formula is C32H39N7O4S. The van der Waals surface area contributed by atoms with Crippen LogP contribution in [0.25, 0.3) is 26.1 Å². The number of anilines is 1. The van der Waals surface area contributed by atoms with Crippen LogP contribution in [0, 0.1) is 11.8 Å². The molecule has 1 aromatic carbocycles. The van der Waals surface area contributed by atoms with Crippen molar-refractivity contribution in [3.8, 4) is 0 Å². The lowest BCUT2D eigenvalue weighted by atomic mass is 9.89. The predicted molar refractivity (Wildman–Crippen MR) is 172 cm³/mol. The van der Waals surface area contributed by atoms with Crippen LogP contribution in [0.4, 0.5) is 10.7 Å². The molecule has 3 aromatic heterocycles. The molecular weight excluding hydrogens is 578 g/mol. The zero-order chi connectivity index (χ0) is 30.7. The summed E-state index contributed by atoms with van der Waals surface area (Å²) in [4.78, 5) is 56.9. The van der Waals surface area contributed by atoms with E-state index >= 15 is 0 Å². The van der Waals surface area contributed by atoms with E-state index in [4.69, 9.17) is 9.72 Å². The van der Waals surface area contributed by atoms with Crippen molar-refractivity contribution in [2.24, 2.45) is 11.8 Å². The van der Waals surface area contributed by atoms with Crippen LogP contribution in [-0.2, 0) is 4.74 Å². The average Bonchev–Trinajstić information content (AvgIpc) is 3.58. The molecule has 232 valence electrons. The van der Waals surface area contributed by atoms with Gasteiger partial charge in [-0.15, -0.1) is 11.3 Å². The van der Waals surface area contributed by atoms with Crippen molar-refractivity contribution in [2.75, 3.05) is 51.2 Å². The number of hydrogen-bond acceptors (Lipinski definition) is 9. The minimum atomic E-state index is -0.565.